The molecule has 2 atom stereocenters. The fourth-order valence-electron chi connectivity index (χ4n) is 3.62. The molecule has 0 aliphatic carbocycles. The molecule has 6 nitrogen and oxygen atoms in total. The first-order valence-electron chi connectivity index (χ1n) is 8.28. The molecule has 124 valence electrons. The molecule has 0 N–H and O–H groups in total. The zero-order chi connectivity index (χ0) is 15.5. The second kappa shape index (κ2) is 6.47. The minimum Gasteiger partial charge on any atom is -0.472 e. The third-order valence-electron chi connectivity index (χ3n) is 4.70. The number of hydrogen-bond donors (Lipinski definition) is 0. The first kappa shape index (κ1) is 14.9. The Hall–Kier alpha value is -1.63. The van der Waals surface area contributed by atoms with Crippen LogP contribution in [0.3, 0.4) is 0 Å². The number of rotatable bonds is 4. The van der Waals surface area contributed by atoms with Gasteiger partial charge in [-0.15, -0.1) is 0 Å². The molecule has 2 aliphatic rings. The Morgan fingerprint density at radius 2 is 2.39 bits per heavy atom. The Morgan fingerprint density at radius 1 is 1.39 bits per heavy atom. The van der Waals surface area contributed by atoms with Crippen molar-refractivity contribution in [3.8, 4) is 0 Å². The van der Waals surface area contributed by atoms with E-state index in [1.807, 2.05) is 35.5 Å². The molecule has 2 aliphatic heterocycles. The predicted molar refractivity (Wildman–Crippen MR) is 83.9 cm³/mol. The SMILES string of the molecule is c1cnn(C[C@@H]2CC[C@]3(COCCN(Cc4ccoc4)C3)O2)c1. The van der Waals surface area contributed by atoms with Crippen LogP contribution in [0.5, 0.6) is 0 Å². The van der Waals surface area contributed by atoms with E-state index in [1.165, 1.54) is 5.56 Å². The number of furan rings is 1. The van der Waals surface area contributed by atoms with Gasteiger partial charge >= 0.3 is 0 Å². The van der Waals surface area contributed by atoms with Gasteiger partial charge in [-0.1, -0.05) is 0 Å². The summed E-state index contributed by atoms with van der Waals surface area (Å²) in [6, 6.07) is 3.97. The molecule has 4 rings (SSSR count). The third kappa shape index (κ3) is 3.49. The molecule has 2 aromatic heterocycles. The maximum Gasteiger partial charge on any atom is 0.105 e. The van der Waals surface area contributed by atoms with Crippen molar-refractivity contribution in [3.63, 3.8) is 0 Å². The van der Waals surface area contributed by atoms with E-state index in [0.717, 1.165) is 45.6 Å². The van der Waals surface area contributed by atoms with Crippen molar-refractivity contribution in [2.45, 2.75) is 37.6 Å². The number of hydrogen-bond acceptors (Lipinski definition) is 5. The molecule has 0 amide bonds. The highest BCUT2D eigenvalue weighted by Crippen LogP contribution is 2.34. The Bertz CT molecular complexity index is 599. The fourth-order valence-corrected chi connectivity index (χ4v) is 3.62. The van der Waals surface area contributed by atoms with Crippen LogP contribution in [-0.4, -0.2) is 52.7 Å². The van der Waals surface area contributed by atoms with E-state index in [4.69, 9.17) is 13.9 Å². The predicted octanol–water partition coefficient (Wildman–Crippen LogP) is 1.93. The van der Waals surface area contributed by atoms with E-state index in [9.17, 15) is 0 Å². The van der Waals surface area contributed by atoms with Gasteiger partial charge in [0.2, 0.25) is 0 Å². The Kier molecular flexibility index (Phi) is 4.20. The molecule has 2 aromatic rings. The van der Waals surface area contributed by atoms with E-state index in [2.05, 4.69) is 10.00 Å². The lowest BCUT2D eigenvalue weighted by Gasteiger charge is -2.31. The van der Waals surface area contributed by atoms with Gasteiger partial charge in [0.15, 0.2) is 0 Å². The minimum absolute atomic E-state index is 0.182. The molecule has 4 heterocycles. The van der Waals surface area contributed by atoms with Gasteiger partial charge in [0.25, 0.3) is 0 Å². The quantitative estimate of drug-likeness (QED) is 0.862. The topological polar surface area (TPSA) is 52.7 Å². The van der Waals surface area contributed by atoms with Crippen LogP contribution in [0.2, 0.25) is 0 Å². The summed E-state index contributed by atoms with van der Waals surface area (Å²) in [6.45, 7) is 4.98. The van der Waals surface area contributed by atoms with E-state index in [0.29, 0.717) is 6.61 Å². The van der Waals surface area contributed by atoms with Gasteiger partial charge in [0.05, 0.1) is 38.4 Å². The molecule has 23 heavy (non-hydrogen) atoms. The monoisotopic (exact) mass is 317 g/mol. The van der Waals surface area contributed by atoms with Crippen molar-refractivity contribution in [3.05, 3.63) is 42.6 Å². The van der Waals surface area contributed by atoms with Gasteiger partial charge in [0.1, 0.15) is 5.60 Å². The summed E-state index contributed by atoms with van der Waals surface area (Å²) in [5, 5.41) is 4.28. The summed E-state index contributed by atoms with van der Waals surface area (Å²) in [6.07, 6.45) is 9.66. The number of aromatic nitrogens is 2. The molecular formula is C17H23N3O3. The third-order valence-corrected chi connectivity index (χ3v) is 4.70. The second-order valence-corrected chi connectivity index (χ2v) is 6.58. The average molecular weight is 317 g/mol. The lowest BCUT2D eigenvalue weighted by Crippen LogP contribution is -2.44. The normalized spacial score (nSPS) is 29.1. The van der Waals surface area contributed by atoms with Gasteiger partial charge in [0, 0.05) is 37.6 Å². The van der Waals surface area contributed by atoms with Crippen LogP contribution < -0.4 is 0 Å². The highest BCUT2D eigenvalue weighted by Gasteiger charge is 2.43. The average Bonchev–Trinajstić information content (AvgIpc) is 3.25. The Balaban J connectivity index is 1.40. The van der Waals surface area contributed by atoms with Gasteiger partial charge in [-0.25, -0.2) is 0 Å². The van der Waals surface area contributed by atoms with Gasteiger partial charge in [-0.2, -0.15) is 5.10 Å². The fraction of sp³-hybridized carbons (Fsp3) is 0.588. The molecule has 0 bridgehead atoms. The molecule has 1 spiro atoms. The van der Waals surface area contributed by atoms with Crippen LogP contribution in [0.25, 0.3) is 0 Å². The highest BCUT2D eigenvalue weighted by atomic mass is 16.6. The molecular weight excluding hydrogens is 294 g/mol. The number of ether oxygens (including phenoxy) is 2. The molecule has 2 fully saturated rings. The lowest BCUT2D eigenvalue weighted by molar-refractivity contribution is -0.0904. The van der Waals surface area contributed by atoms with E-state index >= 15 is 0 Å². The van der Waals surface area contributed by atoms with Crippen molar-refractivity contribution >= 4 is 0 Å². The van der Waals surface area contributed by atoms with E-state index < -0.39 is 0 Å². The van der Waals surface area contributed by atoms with Crippen molar-refractivity contribution in [1.82, 2.24) is 14.7 Å². The van der Waals surface area contributed by atoms with Gasteiger partial charge < -0.3 is 13.9 Å². The summed E-state index contributed by atoms with van der Waals surface area (Å²) in [5.41, 5.74) is 1.02. The lowest BCUT2D eigenvalue weighted by atomic mass is 10.00. The smallest absolute Gasteiger partial charge is 0.105 e. The summed E-state index contributed by atoms with van der Waals surface area (Å²) in [4.78, 5) is 2.41. The molecule has 2 saturated heterocycles. The molecule has 0 saturated carbocycles. The first-order chi connectivity index (χ1) is 11.3. The van der Waals surface area contributed by atoms with E-state index in [-0.39, 0.29) is 11.7 Å². The Labute approximate surface area is 136 Å². The second-order valence-electron chi connectivity index (χ2n) is 6.58. The summed E-state index contributed by atoms with van der Waals surface area (Å²) < 4.78 is 19.4. The summed E-state index contributed by atoms with van der Waals surface area (Å²) in [7, 11) is 0. The Morgan fingerprint density at radius 3 is 3.22 bits per heavy atom. The molecule has 0 unspecified atom stereocenters. The standard InChI is InChI=1S/C17H23N3O3/c1-5-18-20(6-1)11-16-2-4-17(23-16)13-19(7-9-22-14-17)10-15-3-8-21-12-15/h1,3,5-6,8,12,16H,2,4,7,9-11,13-14H2/t16-,17-/m0/s1. The molecule has 6 heteroatoms. The summed E-state index contributed by atoms with van der Waals surface area (Å²) in [5.74, 6) is 0. The van der Waals surface area contributed by atoms with Gasteiger partial charge in [-0.05, 0) is 25.0 Å². The maximum atomic E-state index is 6.44. The van der Waals surface area contributed by atoms with Crippen LogP contribution in [0, 0.1) is 0 Å². The van der Waals surface area contributed by atoms with Gasteiger partial charge in [-0.3, -0.25) is 9.58 Å². The van der Waals surface area contributed by atoms with E-state index in [1.54, 1.807) is 6.26 Å². The zero-order valence-electron chi connectivity index (χ0n) is 13.3. The van der Waals surface area contributed by atoms with Crippen LogP contribution in [0.1, 0.15) is 18.4 Å². The minimum atomic E-state index is -0.182. The van der Waals surface area contributed by atoms with Crippen LogP contribution in [0.4, 0.5) is 0 Å². The van der Waals surface area contributed by atoms with Crippen LogP contribution in [-0.2, 0) is 22.6 Å². The van der Waals surface area contributed by atoms with Crippen molar-refractivity contribution in [2.75, 3.05) is 26.3 Å². The zero-order valence-corrected chi connectivity index (χ0v) is 13.3. The van der Waals surface area contributed by atoms with Crippen LogP contribution in [0.15, 0.2) is 41.5 Å². The largest absolute Gasteiger partial charge is 0.472 e. The van der Waals surface area contributed by atoms with Crippen molar-refractivity contribution in [1.29, 1.82) is 0 Å². The molecule has 0 radical (unpaired) electrons. The summed E-state index contributed by atoms with van der Waals surface area (Å²) >= 11 is 0. The van der Waals surface area contributed by atoms with Crippen molar-refractivity contribution < 1.29 is 13.9 Å². The van der Waals surface area contributed by atoms with Crippen molar-refractivity contribution in [2.24, 2.45) is 0 Å². The molecule has 0 aromatic carbocycles. The number of nitrogens with zero attached hydrogens (tertiary/aromatic N) is 3. The highest BCUT2D eigenvalue weighted by molar-refractivity contribution is 5.06. The van der Waals surface area contributed by atoms with Crippen LogP contribution >= 0.6 is 0 Å². The first-order valence-corrected chi connectivity index (χ1v) is 8.28. The maximum absolute atomic E-state index is 6.44.